The van der Waals surface area contributed by atoms with Gasteiger partial charge < -0.3 is 10.1 Å². The third-order valence-corrected chi connectivity index (χ3v) is 5.60. The summed E-state index contributed by atoms with van der Waals surface area (Å²) in [5.74, 6) is -2.12. The molecule has 4 nitrogen and oxygen atoms in total. The zero-order valence-corrected chi connectivity index (χ0v) is 14.8. The summed E-state index contributed by atoms with van der Waals surface area (Å²) in [6.45, 7) is 1.94. The Morgan fingerprint density at radius 3 is 2.50 bits per heavy atom. The van der Waals surface area contributed by atoms with Crippen molar-refractivity contribution in [2.24, 2.45) is 17.8 Å². The van der Waals surface area contributed by atoms with Crippen molar-refractivity contribution in [3.05, 3.63) is 22.6 Å². The van der Waals surface area contributed by atoms with Crippen molar-refractivity contribution in [3.8, 4) is 0 Å². The van der Waals surface area contributed by atoms with E-state index in [0.717, 1.165) is 25.7 Å². The number of anilines is 1. The number of halogens is 5. The summed E-state index contributed by atoms with van der Waals surface area (Å²) in [6, 6.07) is -0.102. The molecule has 3 fully saturated rings. The highest BCUT2D eigenvalue weighted by Gasteiger charge is 2.48. The van der Waals surface area contributed by atoms with Crippen LogP contribution < -0.4 is 5.32 Å². The predicted octanol–water partition coefficient (Wildman–Crippen LogP) is 4.67. The normalized spacial score (nSPS) is 28.1. The summed E-state index contributed by atoms with van der Waals surface area (Å²) >= 11 is 5.60. The monoisotopic (exact) mass is 394 g/mol. The molecule has 1 N–H and O–H groups in total. The first-order valence-corrected chi connectivity index (χ1v) is 8.96. The van der Waals surface area contributed by atoms with Gasteiger partial charge in [0.1, 0.15) is 5.15 Å². The number of hydrogen-bond acceptors (Lipinski definition) is 4. The van der Waals surface area contributed by atoms with Crippen molar-refractivity contribution in [1.82, 2.24) is 4.98 Å². The summed E-state index contributed by atoms with van der Waals surface area (Å²) in [5, 5.41) is 2.03. The van der Waals surface area contributed by atoms with Crippen LogP contribution in [0.1, 0.15) is 38.2 Å². The standard InChI is InChI=1S/C17H19ClF4N2O2/c1-2-26-16(25)12-8-3-5-9(6-4-8)13(12)23-15-11(19)7-10(14(18)24-15)17(20,21)22/h7-9,12-13H,2-6H2,1H3,(H,23,24)/t8?,9?,12-,13-/m0/s1. The van der Waals surface area contributed by atoms with Crippen LogP contribution in [0.3, 0.4) is 0 Å². The lowest BCUT2D eigenvalue weighted by molar-refractivity contribution is -0.154. The molecule has 2 atom stereocenters. The molecule has 1 aromatic heterocycles. The first-order chi connectivity index (χ1) is 12.2. The van der Waals surface area contributed by atoms with Crippen molar-refractivity contribution in [2.75, 3.05) is 11.9 Å². The van der Waals surface area contributed by atoms with E-state index in [-0.39, 0.29) is 30.2 Å². The highest BCUT2D eigenvalue weighted by molar-refractivity contribution is 6.30. The molecule has 0 spiro atoms. The lowest BCUT2D eigenvalue weighted by Gasteiger charge is -2.47. The van der Waals surface area contributed by atoms with Crippen LogP contribution >= 0.6 is 11.6 Å². The van der Waals surface area contributed by atoms with Crippen molar-refractivity contribution in [3.63, 3.8) is 0 Å². The minimum Gasteiger partial charge on any atom is -0.466 e. The van der Waals surface area contributed by atoms with Crippen LogP contribution in [-0.2, 0) is 15.7 Å². The maximum Gasteiger partial charge on any atom is 0.419 e. The van der Waals surface area contributed by atoms with Gasteiger partial charge >= 0.3 is 12.1 Å². The number of ether oxygens (including phenoxy) is 1. The van der Waals surface area contributed by atoms with E-state index in [2.05, 4.69) is 10.3 Å². The number of rotatable bonds is 4. The Bertz CT molecular complexity index is 690. The minimum absolute atomic E-state index is 0.108. The molecule has 3 saturated carbocycles. The molecule has 2 bridgehead atoms. The van der Waals surface area contributed by atoms with Gasteiger partial charge in [0.25, 0.3) is 0 Å². The van der Waals surface area contributed by atoms with Gasteiger partial charge in [-0.2, -0.15) is 13.2 Å². The zero-order valence-electron chi connectivity index (χ0n) is 14.1. The Kier molecular flexibility index (Phi) is 5.33. The maximum atomic E-state index is 14.2. The van der Waals surface area contributed by atoms with Crippen LogP contribution in [-0.4, -0.2) is 23.6 Å². The highest BCUT2D eigenvalue weighted by Crippen LogP contribution is 2.47. The quantitative estimate of drug-likeness (QED) is 0.458. The van der Waals surface area contributed by atoms with Gasteiger partial charge in [-0.3, -0.25) is 4.79 Å². The lowest BCUT2D eigenvalue weighted by atomic mass is 9.61. The van der Waals surface area contributed by atoms with Crippen LogP contribution in [0.5, 0.6) is 0 Å². The molecule has 0 amide bonds. The van der Waals surface area contributed by atoms with E-state index in [0.29, 0.717) is 6.07 Å². The SMILES string of the molecule is CCOC(=O)[C@H]1C2CCC(CC2)[C@@H]1Nc1nc(Cl)c(C(F)(F)F)cc1F. The Hall–Kier alpha value is -1.57. The molecule has 1 aromatic rings. The Morgan fingerprint density at radius 2 is 1.92 bits per heavy atom. The Morgan fingerprint density at radius 1 is 1.31 bits per heavy atom. The van der Waals surface area contributed by atoms with Crippen LogP contribution in [0, 0.1) is 23.6 Å². The van der Waals surface area contributed by atoms with Crippen LogP contribution in [0.2, 0.25) is 5.15 Å². The van der Waals surface area contributed by atoms with Crippen LogP contribution in [0.4, 0.5) is 23.4 Å². The number of carbonyl (C=O) groups is 1. The van der Waals surface area contributed by atoms with E-state index in [4.69, 9.17) is 16.3 Å². The summed E-state index contributed by atoms with van der Waals surface area (Å²) in [4.78, 5) is 15.9. The van der Waals surface area contributed by atoms with Gasteiger partial charge in [0.15, 0.2) is 11.6 Å². The number of carbonyl (C=O) groups excluding carboxylic acids is 1. The van der Waals surface area contributed by atoms with Crippen molar-refractivity contribution in [1.29, 1.82) is 0 Å². The second-order valence-electron chi connectivity index (χ2n) is 6.78. The number of nitrogens with one attached hydrogen (secondary N) is 1. The molecule has 144 valence electrons. The molecule has 4 rings (SSSR count). The fourth-order valence-corrected chi connectivity index (χ4v) is 4.41. The number of pyridine rings is 1. The minimum atomic E-state index is -4.79. The van der Waals surface area contributed by atoms with E-state index < -0.39 is 34.7 Å². The van der Waals surface area contributed by atoms with Crippen molar-refractivity contribution < 1.29 is 27.1 Å². The predicted molar refractivity (Wildman–Crippen MR) is 87.2 cm³/mol. The van der Waals surface area contributed by atoms with Gasteiger partial charge in [-0.1, -0.05) is 11.6 Å². The van der Waals surface area contributed by atoms with Crippen molar-refractivity contribution in [2.45, 2.75) is 44.8 Å². The van der Waals surface area contributed by atoms with E-state index in [1.807, 2.05) is 0 Å². The number of nitrogens with zero attached hydrogens (tertiary/aromatic N) is 1. The fourth-order valence-electron chi connectivity index (χ4n) is 4.16. The Labute approximate surface area is 153 Å². The third kappa shape index (κ3) is 3.61. The molecule has 0 aromatic carbocycles. The molecule has 0 aliphatic heterocycles. The van der Waals surface area contributed by atoms with E-state index >= 15 is 0 Å². The number of esters is 1. The smallest absolute Gasteiger partial charge is 0.419 e. The van der Waals surface area contributed by atoms with Gasteiger partial charge in [-0.25, -0.2) is 9.37 Å². The average Bonchev–Trinajstić information content (AvgIpc) is 2.58. The third-order valence-electron chi connectivity index (χ3n) is 5.32. The van der Waals surface area contributed by atoms with Crippen LogP contribution in [0.15, 0.2) is 6.07 Å². The first-order valence-electron chi connectivity index (χ1n) is 8.58. The maximum absolute atomic E-state index is 14.2. The van der Waals surface area contributed by atoms with Gasteiger partial charge in [0, 0.05) is 6.04 Å². The van der Waals surface area contributed by atoms with Gasteiger partial charge in [-0.15, -0.1) is 0 Å². The largest absolute Gasteiger partial charge is 0.466 e. The molecule has 9 heteroatoms. The molecule has 0 unspecified atom stereocenters. The van der Waals surface area contributed by atoms with Gasteiger partial charge in [0.05, 0.1) is 18.1 Å². The number of fused-ring (bicyclic) bond motifs is 3. The molecule has 3 aliphatic rings. The van der Waals surface area contributed by atoms with Gasteiger partial charge in [-0.05, 0) is 50.5 Å². The van der Waals surface area contributed by atoms with E-state index in [1.165, 1.54) is 0 Å². The zero-order chi connectivity index (χ0) is 19.1. The van der Waals surface area contributed by atoms with Crippen molar-refractivity contribution >= 4 is 23.4 Å². The second-order valence-corrected chi connectivity index (χ2v) is 7.14. The molecular formula is C17H19ClF4N2O2. The topological polar surface area (TPSA) is 51.2 Å². The molecule has 0 radical (unpaired) electrons. The number of hydrogen-bond donors (Lipinski definition) is 1. The molecule has 3 aliphatic carbocycles. The fraction of sp³-hybridized carbons (Fsp3) is 0.647. The average molecular weight is 395 g/mol. The van der Waals surface area contributed by atoms with E-state index in [9.17, 15) is 22.4 Å². The van der Waals surface area contributed by atoms with Crippen LogP contribution in [0.25, 0.3) is 0 Å². The first kappa shape index (κ1) is 19.2. The second kappa shape index (κ2) is 7.21. The summed E-state index contributed by atoms with van der Waals surface area (Å²) < 4.78 is 57.9. The summed E-state index contributed by atoms with van der Waals surface area (Å²) in [6.07, 6.45) is -1.28. The van der Waals surface area contributed by atoms with E-state index in [1.54, 1.807) is 6.92 Å². The molecule has 1 heterocycles. The highest BCUT2D eigenvalue weighted by atomic mass is 35.5. The summed E-state index contributed by atoms with van der Waals surface area (Å²) in [5.41, 5.74) is -1.32. The number of alkyl halides is 3. The van der Waals surface area contributed by atoms with Gasteiger partial charge in [0.2, 0.25) is 0 Å². The summed E-state index contributed by atoms with van der Waals surface area (Å²) in [7, 11) is 0. The molecule has 0 saturated heterocycles. The molecular weight excluding hydrogens is 376 g/mol. The Balaban J connectivity index is 1.89. The number of aromatic nitrogens is 1. The lowest BCUT2D eigenvalue weighted by Crippen LogP contribution is -2.52. The molecule has 26 heavy (non-hydrogen) atoms.